The molecule has 5 heterocycles. The van der Waals surface area contributed by atoms with Gasteiger partial charge in [-0.2, -0.15) is 0 Å². The van der Waals surface area contributed by atoms with Crippen LogP contribution in [0.3, 0.4) is 0 Å². The van der Waals surface area contributed by atoms with Gasteiger partial charge in [0.15, 0.2) is 8.07 Å². The van der Waals surface area contributed by atoms with Gasteiger partial charge in [-0.1, -0.05) is 110 Å². The molecule has 2 amide bonds. The van der Waals surface area contributed by atoms with Crippen LogP contribution in [-0.2, 0) is 6.42 Å². The average Bonchev–Trinajstić information content (AvgIpc) is 3.89. The normalized spacial score (nSPS) is 17.9. The molecule has 4 aromatic rings. The van der Waals surface area contributed by atoms with E-state index in [1.165, 1.54) is 74.8 Å². The lowest BCUT2D eigenvalue weighted by Gasteiger charge is -2.33. The summed E-state index contributed by atoms with van der Waals surface area (Å²) in [6.45, 7) is 16.2. The van der Waals surface area contributed by atoms with Gasteiger partial charge in [0.2, 0.25) is 0 Å². The molecule has 0 N–H and O–H groups in total. The number of nitrogens with zero attached hydrogens (tertiary/aromatic N) is 1. The minimum atomic E-state index is -2.37. The van der Waals surface area contributed by atoms with Crippen molar-refractivity contribution in [3.8, 4) is 19.5 Å². The third-order valence-corrected chi connectivity index (χ3v) is 20.5. The molecule has 0 saturated heterocycles. The first-order valence-electron chi connectivity index (χ1n) is 19.1. The molecule has 0 radical (unpaired) electrons. The van der Waals surface area contributed by atoms with Crippen molar-refractivity contribution in [2.24, 2.45) is 11.8 Å². The van der Waals surface area contributed by atoms with Gasteiger partial charge in [0.1, 0.15) is 0 Å². The quantitative estimate of drug-likeness (QED) is 0.0801. The Morgan fingerprint density at radius 1 is 0.694 bits per heavy atom. The van der Waals surface area contributed by atoms with Crippen LogP contribution >= 0.6 is 34.0 Å². The number of hydrogen-bond acceptors (Lipinski definition) is 5. The number of amides is 2. The number of unbranched alkanes of at least 4 members (excludes halogenated alkanes) is 3. The van der Waals surface area contributed by atoms with E-state index in [1.807, 2.05) is 29.6 Å². The minimum absolute atomic E-state index is 0.0766. The van der Waals surface area contributed by atoms with Crippen molar-refractivity contribution < 1.29 is 9.59 Å². The Hall–Kier alpha value is -2.32. The van der Waals surface area contributed by atoms with Crippen molar-refractivity contribution >= 4 is 69.5 Å². The van der Waals surface area contributed by atoms with Gasteiger partial charge in [-0.25, -0.2) is 0 Å². The lowest BCUT2D eigenvalue weighted by atomic mass is 9.99. The number of thiophene rings is 3. The van der Waals surface area contributed by atoms with Crippen LogP contribution < -0.4 is 15.6 Å². The second kappa shape index (κ2) is 15.5. The second-order valence-electron chi connectivity index (χ2n) is 14.7. The number of aryl methyl sites for hydroxylation is 3. The summed E-state index contributed by atoms with van der Waals surface area (Å²) in [5, 5.41) is 4.69. The minimum Gasteiger partial charge on any atom is -0.274 e. The fourth-order valence-corrected chi connectivity index (χ4v) is 19.1. The highest BCUT2D eigenvalue weighted by atomic mass is 32.1. The first-order valence-corrected chi connectivity index (χ1v) is 23.7. The molecule has 7 heteroatoms. The predicted octanol–water partition coefficient (Wildman–Crippen LogP) is 11.0. The maximum atomic E-state index is 14.2. The molecule has 6 rings (SSSR count). The van der Waals surface area contributed by atoms with Gasteiger partial charge < -0.3 is 0 Å². The Labute approximate surface area is 308 Å². The summed E-state index contributed by atoms with van der Waals surface area (Å²) in [6, 6.07) is 16.1. The zero-order chi connectivity index (χ0) is 34.9. The highest BCUT2D eigenvalue weighted by Crippen LogP contribution is 2.48. The van der Waals surface area contributed by atoms with E-state index >= 15 is 0 Å². The molecular weight excluding hydrogens is 675 g/mol. The Balaban J connectivity index is 1.47. The Kier molecular flexibility index (Phi) is 11.5. The van der Waals surface area contributed by atoms with Gasteiger partial charge in [0.05, 0.1) is 16.0 Å². The standard InChI is InChI=1S/C42H55NO2S3Si/c1-8-13-16-29(11-4)25-43-41(44)36-28(7)47-38(37(36)42(43)45)33-24-35-40(48-33)39-34(23-27(6)46-39)49(35,26-30(12-5)17-14-9-2)32-21-19-31(20-22-32)18-15-10-3/h19-24,29-30H,8-18,25-26H2,1-7H3. The number of benzene rings is 1. The Bertz CT molecular complexity index is 1800. The molecule has 3 unspecified atom stereocenters. The average molecular weight is 730 g/mol. The molecule has 3 atom stereocenters. The van der Waals surface area contributed by atoms with E-state index in [-0.39, 0.29) is 11.8 Å². The number of imide groups is 1. The molecule has 0 aliphatic carbocycles. The van der Waals surface area contributed by atoms with Gasteiger partial charge in [0, 0.05) is 30.9 Å². The van der Waals surface area contributed by atoms with Crippen LogP contribution in [0.1, 0.15) is 135 Å². The molecule has 3 nitrogen and oxygen atoms in total. The summed E-state index contributed by atoms with van der Waals surface area (Å²) in [6.07, 6.45) is 12.9. The first kappa shape index (κ1) is 36.5. The van der Waals surface area contributed by atoms with Crippen LogP contribution in [0.4, 0.5) is 0 Å². The van der Waals surface area contributed by atoms with Gasteiger partial charge >= 0.3 is 0 Å². The number of fused-ring (bicyclic) bond motifs is 4. The maximum Gasteiger partial charge on any atom is 0.263 e. The van der Waals surface area contributed by atoms with Crippen LogP contribution in [0.15, 0.2) is 36.4 Å². The summed E-state index contributed by atoms with van der Waals surface area (Å²) in [5.41, 5.74) is 2.77. The van der Waals surface area contributed by atoms with Crippen LogP contribution in [0.25, 0.3) is 19.5 Å². The Morgan fingerprint density at radius 2 is 1.31 bits per heavy atom. The van der Waals surface area contributed by atoms with E-state index in [4.69, 9.17) is 0 Å². The van der Waals surface area contributed by atoms with Gasteiger partial charge in [-0.15, -0.1) is 34.0 Å². The summed E-state index contributed by atoms with van der Waals surface area (Å²) < 4.78 is 0. The highest BCUT2D eigenvalue weighted by Gasteiger charge is 2.51. The fourth-order valence-electron chi connectivity index (χ4n) is 8.38. The number of hydrogen-bond donors (Lipinski definition) is 0. The molecule has 3 aromatic heterocycles. The highest BCUT2D eigenvalue weighted by molar-refractivity contribution is 7.33. The first-order chi connectivity index (χ1) is 23.7. The van der Waals surface area contributed by atoms with Gasteiger partial charge in [0.25, 0.3) is 11.8 Å². The Morgan fingerprint density at radius 3 is 1.96 bits per heavy atom. The van der Waals surface area contributed by atoms with Crippen LogP contribution in [0.2, 0.25) is 6.04 Å². The van der Waals surface area contributed by atoms with Crippen LogP contribution in [-0.4, -0.2) is 31.3 Å². The maximum absolute atomic E-state index is 14.2. The largest absolute Gasteiger partial charge is 0.274 e. The van der Waals surface area contributed by atoms with E-state index in [0.29, 0.717) is 29.5 Å². The summed E-state index contributed by atoms with van der Waals surface area (Å²) >= 11 is 5.50. The molecular formula is C42H55NO2S3Si. The number of carbonyl (C=O) groups excluding carboxylic acids is 2. The SMILES string of the molecule is CCCCc1ccc([Si]2(CC(CC)CCCC)c3cc(C)sc3-c3sc(-c4sc(C)c5c4C(=O)N(CC(CC)CCCC)C5=O)cc32)cc1. The van der Waals surface area contributed by atoms with Crippen molar-refractivity contribution in [1.82, 2.24) is 4.90 Å². The van der Waals surface area contributed by atoms with Gasteiger partial charge in [-0.05, 0) is 84.2 Å². The third kappa shape index (κ3) is 6.63. The van der Waals surface area contributed by atoms with E-state index < -0.39 is 8.07 Å². The molecule has 0 bridgehead atoms. The van der Waals surface area contributed by atoms with E-state index in [9.17, 15) is 9.59 Å². The monoisotopic (exact) mass is 729 g/mol. The van der Waals surface area contributed by atoms with Crippen molar-refractivity contribution in [3.63, 3.8) is 0 Å². The molecule has 49 heavy (non-hydrogen) atoms. The van der Waals surface area contributed by atoms with Crippen molar-refractivity contribution in [1.29, 1.82) is 0 Å². The van der Waals surface area contributed by atoms with Gasteiger partial charge in [-0.3, -0.25) is 14.5 Å². The lowest BCUT2D eigenvalue weighted by molar-refractivity contribution is 0.0624. The molecule has 262 valence electrons. The van der Waals surface area contributed by atoms with Crippen molar-refractivity contribution in [3.05, 3.63) is 62.8 Å². The second-order valence-corrected chi connectivity index (χ2v) is 22.1. The molecule has 0 saturated carbocycles. The number of rotatable bonds is 17. The molecule has 0 spiro atoms. The molecule has 1 aromatic carbocycles. The third-order valence-electron chi connectivity index (χ3n) is 11.3. The van der Waals surface area contributed by atoms with E-state index in [0.717, 1.165) is 41.9 Å². The summed E-state index contributed by atoms with van der Waals surface area (Å²) in [5.74, 6) is 0.875. The zero-order valence-corrected chi connectivity index (χ0v) is 34.2. The smallest absolute Gasteiger partial charge is 0.263 e. The van der Waals surface area contributed by atoms with Crippen LogP contribution in [0.5, 0.6) is 0 Å². The fraction of sp³-hybridized carbons (Fsp3) is 0.524. The summed E-state index contributed by atoms with van der Waals surface area (Å²) in [4.78, 5) is 37.1. The molecule has 2 aliphatic rings. The topological polar surface area (TPSA) is 37.4 Å². The summed E-state index contributed by atoms with van der Waals surface area (Å²) in [7, 11) is -2.37. The predicted molar refractivity (Wildman–Crippen MR) is 217 cm³/mol. The number of carbonyl (C=O) groups is 2. The lowest BCUT2D eigenvalue weighted by Crippen LogP contribution is -2.65. The van der Waals surface area contributed by atoms with E-state index in [1.54, 1.807) is 26.6 Å². The van der Waals surface area contributed by atoms with Crippen LogP contribution in [0, 0.1) is 25.7 Å². The van der Waals surface area contributed by atoms with Crippen molar-refractivity contribution in [2.45, 2.75) is 125 Å². The van der Waals surface area contributed by atoms with E-state index in [2.05, 4.69) is 77.9 Å². The zero-order valence-electron chi connectivity index (χ0n) is 30.8. The molecule has 0 fully saturated rings. The molecule has 2 aliphatic heterocycles. The van der Waals surface area contributed by atoms with Crippen molar-refractivity contribution in [2.75, 3.05) is 6.54 Å².